The Bertz CT molecular complexity index is 548. The number of nitrogens with zero attached hydrogens (tertiary/aromatic N) is 2. The van der Waals surface area contributed by atoms with Crippen molar-refractivity contribution in [1.82, 2.24) is 15.1 Å². The van der Waals surface area contributed by atoms with Gasteiger partial charge in [0.15, 0.2) is 0 Å². The van der Waals surface area contributed by atoms with Crippen molar-refractivity contribution in [2.24, 2.45) is 0 Å². The van der Waals surface area contributed by atoms with Gasteiger partial charge in [0.05, 0.1) is 12.7 Å². The first kappa shape index (κ1) is 13.0. The van der Waals surface area contributed by atoms with Crippen LogP contribution in [0.2, 0.25) is 0 Å². The van der Waals surface area contributed by atoms with E-state index in [2.05, 4.69) is 28.8 Å². The number of nitrogens with one attached hydrogen (secondary N) is 1. The molecule has 0 aliphatic carbocycles. The molecule has 0 aliphatic heterocycles. The first-order valence-corrected chi connectivity index (χ1v) is 6.85. The maximum Gasteiger partial charge on any atom is 0.267 e. The van der Waals surface area contributed by atoms with Crippen molar-refractivity contribution < 1.29 is 0 Å². The Morgan fingerprint density at radius 3 is 3.06 bits per heavy atom. The molecule has 2 rings (SSSR count). The molecule has 0 bridgehead atoms. The summed E-state index contributed by atoms with van der Waals surface area (Å²) in [5.74, 6) is 0. The van der Waals surface area contributed by atoms with Crippen LogP contribution in [0.1, 0.15) is 23.4 Å². The van der Waals surface area contributed by atoms with Crippen molar-refractivity contribution in [1.29, 1.82) is 0 Å². The molecule has 0 amide bonds. The molecule has 1 N–H and O–H groups in total. The van der Waals surface area contributed by atoms with Crippen LogP contribution in [0.4, 0.5) is 0 Å². The lowest BCUT2D eigenvalue weighted by atomic mass is 10.3. The number of thiophene rings is 1. The van der Waals surface area contributed by atoms with Crippen LogP contribution in [-0.2, 0) is 6.54 Å². The molecule has 2 aromatic rings. The van der Waals surface area contributed by atoms with E-state index in [1.165, 1.54) is 9.56 Å². The SMILES string of the molecule is Cc1cnn(CCNC(C)c2cccs2)c(=O)c1. The minimum absolute atomic E-state index is 0.0411. The predicted octanol–water partition coefficient (Wildman–Crippen LogP) is 1.96. The van der Waals surface area contributed by atoms with E-state index in [-0.39, 0.29) is 5.56 Å². The first-order valence-electron chi connectivity index (χ1n) is 5.97. The van der Waals surface area contributed by atoms with Crippen LogP contribution in [0.15, 0.2) is 34.6 Å². The summed E-state index contributed by atoms with van der Waals surface area (Å²) in [4.78, 5) is 12.9. The maximum absolute atomic E-state index is 11.6. The van der Waals surface area contributed by atoms with Crippen molar-refractivity contribution >= 4 is 11.3 Å². The molecule has 0 spiro atoms. The second-order valence-corrected chi connectivity index (χ2v) is 5.26. The molecular formula is C13H17N3OS. The van der Waals surface area contributed by atoms with Crippen LogP contribution >= 0.6 is 11.3 Å². The molecule has 0 saturated heterocycles. The van der Waals surface area contributed by atoms with Gasteiger partial charge in [0.1, 0.15) is 0 Å². The molecule has 0 fully saturated rings. The highest BCUT2D eigenvalue weighted by molar-refractivity contribution is 7.10. The molecule has 0 radical (unpaired) electrons. The summed E-state index contributed by atoms with van der Waals surface area (Å²) in [5, 5.41) is 9.56. The molecule has 0 saturated carbocycles. The highest BCUT2D eigenvalue weighted by Crippen LogP contribution is 2.17. The van der Waals surface area contributed by atoms with E-state index >= 15 is 0 Å². The summed E-state index contributed by atoms with van der Waals surface area (Å²) >= 11 is 1.74. The molecule has 4 nitrogen and oxygen atoms in total. The summed E-state index contributed by atoms with van der Waals surface area (Å²) in [6, 6.07) is 6.07. The Hall–Kier alpha value is -1.46. The number of aryl methyl sites for hydroxylation is 1. The molecule has 2 aromatic heterocycles. The average Bonchev–Trinajstić information content (AvgIpc) is 2.85. The lowest BCUT2D eigenvalue weighted by molar-refractivity contribution is 0.496. The van der Waals surface area contributed by atoms with Gasteiger partial charge in [-0.1, -0.05) is 6.07 Å². The lowest BCUT2D eigenvalue weighted by Crippen LogP contribution is -2.29. The second-order valence-electron chi connectivity index (χ2n) is 4.29. The van der Waals surface area contributed by atoms with Gasteiger partial charge in [-0.3, -0.25) is 4.79 Å². The Morgan fingerprint density at radius 2 is 2.39 bits per heavy atom. The first-order chi connectivity index (χ1) is 8.66. The Labute approximate surface area is 110 Å². The number of hydrogen-bond donors (Lipinski definition) is 1. The normalized spacial score (nSPS) is 12.6. The third kappa shape index (κ3) is 3.27. The summed E-state index contributed by atoms with van der Waals surface area (Å²) in [6.45, 7) is 5.32. The Balaban J connectivity index is 1.87. The Kier molecular flexibility index (Phi) is 4.28. The van der Waals surface area contributed by atoms with Crippen LogP contribution in [0.5, 0.6) is 0 Å². The molecule has 5 heteroatoms. The van der Waals surface area contributed by atoms with E-state index in [9.17, 15) is 4.79 Å². The van der Waals surface area contributed by atoms with Crippen LogP contribution in [-0.4, -0.2) is 16.3 Å². The molecule has 96 valence electrons. The van der Waals surface area contributed by atoms with Gasteiger partial charge in [-0.2, -0.15) is 5.10 Å². The van der Waals surface area contributed by atoms with Crippen LogP contribution in [0, 0.1) is 6.92 Å². The van der Waals surface area contributed by atoms with Crippen LogP contribution < -0.4 is 10.9 Å². The van der Waals surface area contributed by atoms with Crippen molar-refractivity contribution in [2.75, 3.05) is 6.54 Å². The molecular weight excluding hydrogens is 246 g/mol. The third-order valence-electron chi connectivity index (χ3n) is 2.75. The van der Waals surface area contributed by atoms with Gasteiger partial charge in [0.2, 0.25) is 0 Å². The van der Waals surface area contributed by atoms with E-state index < -0.39 is 0 Å². The smallest absolute Gasteiger partial charge is 0.267 e. The van der Waals surface area contributed by atoms with Crippen molar-refractivity contribution in [3.63, 3.8) is 0 Å². The topological polar surface area (TPSA) is 46.9 Å². The minimum Gasteiger partial charge on any atom is -0.308 e. The lowest BCUT2D eigenvalue weighted by Gasteiger charge is -2.12. The molecule has 0 aromatic carbocycles. The predicted molar refractivity (Wildman–Crippen MR) is 74.0 cm³/mol. The van der Waals surface area contributed by atoms with Gasteiger partial charge in [0.25, 0.3) is 5.56 Å². The highest BCUT2D eigenvalue weighted by atomic mass is 32.1. The van der Waals surface area contributed by atoms with Crippen molar-refractivity contribution in [3.8, 4) is 0 Å². The zero-order valence-electron chi connectivity index (χ0n) is 10.6. The van der Waals surface area contributed by atoms with E-state index in [1.54, 1.807) is 23.6 Å². The number of aromatic nitrogens is 2. The zero-order valence-corrected chi connectivity index (χ0v) is 11.4. The van der Waals surface area contributed by atoms with E-state index in [1.807, 2.05) is 13.0 Å². The molecule has 1 unspecified atom stereocenters. The van der Waals surface area contributed by atoms with Gasteiger partial charge in [-0.15, -0.1) is 11.3 Å². The minimum atomic E-state index is -0.0411. The van der Waals surface area contributed by atoms with Crippen LogP contribution in [0.3, 0.4) is 0 Å². The summed E-state index contributed by atoms with van der Waals surface area (Å²) in [7, 11) is 0. The van der Waals surface area contributed by atoms with Crippen molar-refractivity contribution in [2.45, 2.75) is 26.4 Å². The highest BCUT2D eigenvalue weighted by Gasteiger charge is 2.05. The van der Waals surface area contributed by atoms with E-state index in [4.69, 9.17) is 0 Å². The van der Waals surface area contributed by atoms with Gasteiger partial charge < -0.3 is 5.32 Å². The summed E-state index contributed by atoms with van der Waals surface area (Å²) < 4.78 is 1.49. The fraction of sp³-hybridized carbons (Fsp3) is 0.385. The standard InChI is InChI=1S/C13H17N3OS/c1-10-8-13(17)16(15-9-10)6-5-14-11(2)12-4-3-7-18-12/h3-4,7-9,11,14H,5-6H2,1-2H3. The third-order valence-corrected chi connectivity index (χ3v) is 3.81. The second kappa shape index (κ2) is 5.93. The van der Waals surface area contributed by atoms with Crippen molar-refractivity contribution in [3.05, 3.63) is 50.6 Å². The number of rotatable bonds is 5. The molecule has 1 atom stereocenters. The quantitative estimate of drug-likeness (QED) is 0.897. The van der Waals surface area contributed by atoms with Gasteiger partial charge >= 0.3 is 0 Å². The van der Waals surface area contributed by atoms with Crippen LogP contribution in [0.25, 0.3) is 0 Å². The zero-order chi connectivity index (χ0) is 13.0. The van der Waals surface area contributed by atoms with Gasteiger partial charge in [0, 0.05) is 23.5 Å². The molecule has 0 aliphatic rings. The van der Waals surface area contributed by atoms with E-state index in [0.717, 1.165) is 12.1 Å². The fourth-order valence-electron chi connectivity index (χ4n) is 1.72. The van der Waals surface area contributed by atoms with Gasteiger partial charge in [-0.25, -0.2) is 4.68 Å². The monoisotopic (exact) mass is 263 g/mol. The Morgan fingerprint density at radius 1 is 1.56 bits per heavy atom. The summed E-state index contributed by atoms with van der Waals surface area (Å²) in [6.07, 6.45) is 1.71. The van der Waals surface area contributed by atoms with Gasteiger partial charge in [-0.05, 0) is 30.9 Å². The fourth-order valence-corrected chi connectivity index (χ4v) is 2.48. The summed E-state index contributed by atoms with van der Waals surface area (Å²) in [5.41, 5.74) is 0.858. The maximum atomic E-state index is 11.6. The largest absolute Gasteiger partial charge is 0.308 e. The van der Waals surface area contributed by atoms with E-state index in [0.29, 0.717) is 12.6 Å². The average molecular weight is 263 g/mol. The molecule has 2 heterocycles. The number of hydrogen-bond acceptors (Lipinski definition) is 4. The molecule has 18 heavy (non-hydrogen) atoms.